The van der Waals surface area contributed by atoms with Gasteiger partial charge in [0, 0.05) is 0 Å². The Morgan fingerprint density at radius 2 is 1.71 bits per heavy atom. The van der Waals surface area contributed by atoms with Gasteiger partial charge < -0.3 is 19.3 Å². The van der Waals surface area contributed by atoms with E-state index in [1.807, 2.05) is 30.3 Å². The number of carbonyl (C=O) groups is 1. The molecule has 110 valence electrons. The summed E-state index contributed by atoms with van der Waals surface area (Å²) in [5.41, 5.74) is 0.148. The molecule has 0 heterocycles. The second-order valence-electron chi connectivity index (χ2n) is 4.18. The summed E-state index contributed by atoms with van der Waals surface area (Å²) < 4.78 is 16.2. The van der Waals surface area contributed by atoms with Gasteiger partial charge in [-0.3, -0.25) is 0 Å². The predicted molar refractivity (Wildman–Crippen MR) is 77.4 cm³/mol. The Hall–Kier alpha value is -2.69. The van der Waals surface area contributed by atoms with Crippen LogP contribution in [-0.2, 0) is 0 Å². The molecular formula is C16H16O5. The van der Waals surface area contributed by atoms with Gasteiger partial charge in [-0.05, 0) is 30.3 Å². The number of benzene rings is 2. The van der Waals surface area contributed by atoms with Crippen LogP contribution in [-0.4, -0.2) is 31.4 Å². The molecule has 0 unspecified atom stereocenters. The molecule has 2 rings (SSSR count). The van der Waals surface area contributed by atoms with E-state index in [-0.39, 0.29) is 12.2 Å². The number of aromatic carboxylic acids is 1. The van der Waals surface area contributed by atoms with Gasteiger partial charge >= 0.3 is 5.97 Å². The lowest BCUT2D eigenvalue weighted by molar-refractivity contribution is 0.0696. The first-order valence-electron chi connectivity index (χ1n) is 6.42. The normalized spacial score (nSPS) is 9.95. The fraction of sp³-hybridized carbons (Fsp3) is 0.188. The second-order valence-corrected chi connectivity index (χ2v) is 4.18. The van der Waals surface area contributed by atoms with Gasteiger partial charge in [0.15, 0.2) is 11.5 Å². The summed E-state index contributed by atoms with van der Waals surface area (Å²) in [5, 5.41) is 8.97. The molecule has 2 aromatic carbocycles. The van der Waals surface area contributed by atoms with Crippen LogP contribution in [0.3, 0.4) is 0 Å². The first kappa shape index (κ1) is 14.7. The lowest BCUT2D eigenvalue weighted by atomic mass is 10.2. The minimum absolute atomic E-state index is 0.148. The predicted octanol–water partition coefficient (Wildman–Crippen LogP) is 2.85. The molecule has 0 amide bonds. The van der Waals surface area contributed by atoms with Crippen molar-refractivity contribution in [3.8, 4) is 17.2 Å². The fourth-order valence-electron chi connectivity index (χ4n) is 1.75. The molecule has 0 atom stereocenters. The third-order valence-corrected chi connectivity index (χ3v) is 2.76. The maximum atomic E-state index is 10.9. The van der Waals surface area contributed by atoms with E-state index in [2.05, 4.69) is 0 Å². The molecule has 2 aromatic rings. The van der Waals surface area contributed by atoms with E-state index in [4.69, 9.17) is 19.3 Å². The van der Waals surface area contributed by atoms with Crippen molar-refractivity contribution in [2.24, 2.45) is 0 Å². The van der Waals surface area contributed by atoms with Crippen molar-refractivity contribution < 1.29 is 24.1 Å². The molecule has 0 aliphatic carbocycles. The maximum Gasteiger partial charge on any atom is 0.335 e. The van der Waals surface area contributed by atoms with Gasteiger partial charge in [-0.1, -0.05) is 18.2 Å². The molecule has 0 radical (unpaired) electrons. The van der Waals surface area contributed by atoms with Crippen molar-refractivity contribution in [1.82, 2.24) is 0 Å². The number of ether oxygens (including phenoxy) is 3. The zero-order chi connectivity index (χ0) is 15.1. The monoisotopic (exact) mass is 288 g/mol. The summed E-state index contributed by atoms with van der Waals surface area (Å²) in [6, 6.07) is 13.9. The molecule has 5 heteroatoms. The van der Waals surface area contributed by atoms with Crippen molar-refractivity contribution in [3.05, 3.63) is 54.1 Å². The molecule has 21 heavy (non-hydrogen) atoms. The number of methoxy groups -OCH3 is 1. The molecule has 0 saturated carbocycles. The highest BCUT2D eigenvalue weighted by molar-refractivity contribution is 5.88. The number of para-hydroxylation sites is 1. The van der Waals surface area contributed by atoms with Crippen LogP contribution in [0.2, 0.25) is 0 Å². The molecule has 0 aliphatic heterocycles. The highest BCUT2D eigenvalue weighted by atomic mass is 16.5. The largest absolute Gasteiger partial charge is 0.493 e. The van der Waals surface area contributed by atoms with Gasteiger partial charge in [0.05, 0.1) is 12.7 Å². The van der Waals surface area contributed by atoms with Crippen molar-refractivity contribution in [2.45, 2.75) is 0 Å². The van der Waals surface area contributed by atoms with E-state index in [0.29, 0.717) is 18.1 Å². The lowest BCUT2D eigenvalue weighted by Gasteiger charge is -2.12. The Morgan fingerprint density at radius 3 is 2.38 bits per heavy atom. The van der Waals surface area contributed by atoms with Crippen LogP contribution in [0.4, 0.5) is 0 Å². The van der Waals surface area contributed by atoms with Gasteiger partial charge in [0.25, 0.3) is 0 Å². The number of carboxylic acid groups (broad SMARTS) is 1. The summed E-state index contributed by atoms with van der Waals surface area (Å²) in [4.78, 5) is 10.9. The quantitative estimate of drug-likeness (QED) is 0.794. The Morgan fingerprint density at radius 1 is 1.00 bits per heavy atom. The minimum Gasteiger partial charge on any atom is -0.493 e. The Bertz CT molecular complexity index is 595. The number of hydrogen-bond donors (Lipinski definition) is 1. The summed E-state index contributed by atoms with van der Waals surface area (Å²) >= 11 is 0. The molecule has 0 saturated heterocycles. The number of carboxylic acids is 1. The molecule has 0 aliphatic rings. The lowest BCUT2D eigenvalue weighted by Crippen LogP contribution is -2.10. The number of rotatable bonds is 7. The molecule has 0 bridgehead atoms. The SMILES string of the molecule is COc1ccc(C(=O)O)cc1OCCOc1ccccc1. The van der Waals surface area contributed by atoms with E-state index >= 15 is 0 Å². The van der Waals surface area contributed by atoms with Crippen LogP contribution in [0.1, 0.15) is 10.4 Å². The van der Waals surface area contributed by atoms with E-state index in [9.17, 15) is 4.79 Å². The van der Waals surface area contributed by atoms with E-state index < -0.39 is 5.97 Å². The zero-order valence-corrected chi connectivity index (χ0v) is 11.6. The molecule has 0 spiro atoms. The standard InChI is InChI=1S/C16H16O5/c1-19-14-8-7-12(16(17)18)11-15(14)21-10-9-20-13-5-3-2-4-6-13/h2-8,11H,9-10H2,1H3,(H,17,18). The van der Waals surface area contributed by atoms with Crippen molar-refractivity contribution >= 4 is 5.97 Å². The zero-order valence-electron chi connectivity index (χ0n) is 11.6. The average Bonchev–Trinajstić information content (AvgIpc) is 2.52. The highest BCUT2D eigenvalue weighted by Crippen LogP contribution is 2.28. The minimum atomic E-state index is -1.01. The van der Waals surface area contributed by atoms with Crippen LogP contribution in [0.15, 0.2) is 48.5 Å². The van der Waals surface area contributed by atoms with E-state index in [1.165, 1.54) is 19.2 Å². The molecular weight excluding hydrogens is 272 g/mol. The first-order valence-corrected chi connectivity index (χ1v) is 6.42. The summed E-state index contributed by atoms with van der Waals surface area (Å²) in [6.07, 6.45) is 0. The van der Waals surface area contributed by atoms with Crippen LogP contribution >= 0.6 is 0 Å². The van der Waals surface area contributed by atoms with E-state index in [0.717, 1.165) is 5.75 Å². The highest BCUT2D eigenvalue weighted by Gasteiger charge is 2.10. The van der Waals surface area contributed by atoms with Gasteiger partial charge in [0.1, 0.15) is 19.0 Å². The summed E-state index contributed by atoms with van der Waals surface area (Å²) in [7, 11) is 1.50. The average molecular weight is 288 g/mol. The maximum absolute atomic E-state index is 10.9. The van der Waals surface area contributed by atoms with Crippen molar-refractivity contribution in [2.75, 3.05) is 20.3 Å². The van der Waals surface area contributed by atoms with E-state index in [1.54, 1.807) is 6.07 Å². The van der Waals surface area contributed by atoms with Crippen LogP contribution < -0.4 is 14.2 Å². The van der Waals surface area contributed by atoms with Gasteiger partial charge in [-0.25, -0.2) is 4.79 Å². The topological polar surface area (TPSA) is 65.0 Å². The summed E-state index contributed by atoms with van der Waals surface area (Å²) in [6.45, 7) is 0.638. The first-order chi connectivity index (χ1) is 10.2. The van der Waals surface area contributed by atoms with Crippen molar-refractivity contribution in [3.63, 3.8) is 0 Å². The van der Waals surface area contributed by atoms with Crippen molar-refractivity contribution in [1.29, 1.82) is 0 Å². The molecule has 0 aromatic heterocycles. The second kappa shape index (κ2) is 7.19. The molecule has 5 nitrogen and oxygen atoms in total. The van der Waals surface area contributed by atoms with Gasteiger partial charge in [-0.2, -0.15) is 0 Å². The third-order valence-electron chi connectivity index (χ3n) is 2.76. The van der Waals surface area contributed by atoms with Crippen LogP contribution in [0, 0.1) is 0 Å². The van der Waals surface area contributed by atoms with Crippen LogP contribution in [0.25, 0.3) is 0 Å². The summed E-state index contributed by atoms with van der Waals surface area (Å²) in [5.74, 6) is 0.615. The Kier molecular flexibility index (Phi) is 5.04. The smallest absolute Gasteiger partial charge is 0.335 e. The van der Waals surface area contributed by atoms with Gasteiger partial charge in [0.2, 0.25) is 0 Å². The molecule has 0 fully saturated rings. The third kappa shape index (κ3) is 4.14. The fourth-order valence-corrected chi connectivity index (χ4v) is 1.75. The molecule has 1 N–H and O–H groups in total. The number of hydrogen-bond acceptors (Lipinski definition) is 4. The Balaban J connectivity index is 1.92. The van der Waals surface area contributed by atoms with Crippen LogP contribution in [0.5, 0.6) is 17.2 Å². The van der Waals surface area contributed by atoms with Gasteiger partial charge in [-0.15, -0.1) is 0 Å². The Labute approximate surface area is 122 Å².